The second-order valence-electron chi connectivity index (χ2n) is 4.25. The van der Waals surface area contributed by atoms with Gasteiger partial charge in [-0.05, 0) is 43.5 Å². The van der Waals surface area contributed by atoms with Crippen LogP contribution in [0.15, 0.2) is 35.2 Å². The third kappa shape index (κ3) is 2.91. The molecule has 0 amide bonds. The molecule has 1 aliphatic heterocycles. The fourth-order valence-electron chi connectivity index (χ4n) is 1.97. The molecular formula is C13H18N2O2S. The molecule has 2 rings (SSSR count). The normalized spacial score (nSPS) is 14.7. The number of allylic oxidation sites excluding steroid dienone is 1. The maximum atomic E-state index is 12.0. The minimum Gasteiger partial charge on any atom is -0.384 e. The van der Waals surface area contributed by atoms with Gasteiger partial charge in [-0.15, -0.1) is 0 Å². The van der Waals surface area contributed by atoms with Crippen LogP contribution in [0.1, 0.15) is 18.9 Å². The van der Waals surface area contributed by atoms with Gasteiger partial charge in [-0.3, -0.25) is 0 Å². The molecule has 0 unspecified atom stereocenters. The molecule has 1 heterocycles. The summed E-state index contributed by atoms with van der Waals surface area (Å²) in [6.45, 7) is 3.23. The van der Waals surface area contributed by atoms with E-state index in [4.69, 9.17) is 0 Å². The van der Waals surface area contributed by atoms with Crippen molar-refractivity contribution in [3.05, 3.63) is 35.9 Å². The van der Waals surface area contributed by atoms with Crippen molar-refractivity contribution in [3.8, 4) is 0 Å². The topological polar surface area (TPSA) is 58.2 Å². The number of hydrogen-bond acceptors (Lipinski definition) is 3. The molecule has 0 bridgehead atoms. The van der Waals surface area contributed by atoms with Crippen LogP contribution >= 0.6 is 0 Å². The molecule has 98 valence electrons. The molecule has 1 aromatic carbocycles. The first-order valence-electron chi connectivity index (χ1n) is 6.11. The van der Waals surface area contributed by atoms with E-state index in [0.29, 0.717) is 17.9 Å². The van der Waals surface area contributed by atoms with Crippen LogP contribution in [0.4, 0.5) is 5.69 Å². The van der Waals surface area contributed by atoms with Crippen LogP contribution in [0, 0.1) is 0 Å². The summed E-state index contributed by atoms with van der Waals surface area (Å²) in [5.74, 6) is 0. The van der Waals surface area contributed by atoms with E-state index in [9.17, 15) is 8.42 Å². The Balaban J connectivity index is 2.10. The number of anilines is 1. The van der Waals surface area contributed by atoms with Crippen molar-refractivity contribution in [3.63, 3.8) is 0 Å². The predicted molar refractivity (Wildman–Crippen MR) is 73.3 cm³/mol. The van der Waals surface area contributed by atoms with Crippen LogP contribution in [-0.2, 0) is 16.4 Å². The van der Waals surface area contributed by atoms with Crippen molar-refractivity contribution in [1.29, 1.82) is 0 Å². The van der Waals surface area contributed by atoms with E-state index in [1.807, 2.05) is 25.1 Å². The number of fused-ring (bicyclic) bond motifs is 1. The van der Waals surface area contributed by atoms with E-state index in [1.165, 1.54) is 0 Å². The molecule has 0 aromatic heterocycles. The lowest BCUT2D eigenvalue weighted by molar-refractivity contribution is 0.582. The minimum absolute atomic E-state index is 0.352. The Bertz CT molecular complexity index is 550. The number of sulfonamides is 1. The molecule has 0 radical (unpaired) electrons. The Labute approximate surface area is 108 Å². The SMILES string of the molecule is C/C=C/CCNS(=O)(=O)c1ccc2c(c1)CCN2. The van der Waals surface area contributed by atoms with Gasteiger partial charge < -0.3 is 5.32 Å². The number of rotatable bonds is 5. The molecule has 0 saturated carbocycles. The smallest absolute Gasteiger partial charge is 0.240 e. The van der Waals surface area contributed by atoms with E-state index in [2.05, 4.69) is 10.0 Å². The lowest BCUT2D eigenvalue weighted by atomic mass is 10.2. The predicted octanol–water partition coefficient (Wildman–Crippen LogP) is 1.90. The molecule has 1 aliphatic rings. The van der Waals surface area contributed by atoms with Crippen LogP contribution in [-0.4, -0.2) is 21.5 Å². The Morgan fingerprint density at radius 3 is 3.06 bits per heavy atom. The zero-order chi connectivity index (χ0) is 13.0. The highest BCUT2D eigenvalue weighted by atomic mass is 32.2. The van der Waals surface area contributed by atoms with Gasteiger partial charge in [0.05, 0.1) is 4.90 Å². The monoisotopic (exact) mass is 266 g/mol. The molecule has 0 spiro atoms. The van der Waals surface area contributed by atoms with Gasteiger partial charge >= 0.3 is 0 Å². The van der Waals surface area contributed by atoms with Gasteiger partial charge in [-0.1, -0.05) is 12.2 Å². The summed E-state index contributed by atoms with van der Waals surface area (Å²) in [4.78, 5) is 0.352. The Hall–Kier alpha value is -1.33. The molecule has 4 nitrogen and oxygen atoms in total. The van der Waals surface area contributed by atoms with Crippen molar-refractivity contribution < 1.29 is 8.42 Å². The van der Waals surface area contributed by atoms with E-state index >= 15 is 0 Å². The first kappa shape index (κ1) is 13.1. The van der Waals surface area contributed by atoms with Crippen LogP contribution in [0.5, 0.6) is 0 Å². The molecule has 0 atom stereocenters. The summed E-state index contributed by atoms with van der Waals surface area (Å²) >= 11 is 0. The highest BCUT2D eigenvalue weighted by Gasteiger charge is 2.17. The third-order valence-electron chi connectivity index (χ3n) is 2.94. The maximum absolute atomic E-state index is 12.0. The molecule has 0 fully saturated rings. The van der Waals surface area contributed by atoms with Gasteiger partial charge in [0.15, 0.2) is 0 Å². The maximum Gasteiger partial charge on any atom is 0.240 e. The van der Waals surface area contributed by atoms with Crippen LogP contribution < -0.4 is 10.0 Å². The summed E-state index contributed by atoms with van der Waals surface area (Å²) in [6, 6.07) is 5.24. The van der Waals surface area contributed by atoms with Gasteiger partial charge in [0.1, 0.15) is 0 Å². The second kappa shape index (κ2) is 5.54. The number of benzene rings is 1. The Morgan fingerprint density at radius 1 is 1.44 bits per heavy atom. The minimum atomic E-state index is -3.37. The molecule has 0 aliphatic carbocycles. The summed E-state index contributed by atoms with van der Waals surface area (Å²) in [5, 5.41) is 3.21. The van der Waals surface area contributed by atoms with Crippen molar-refractivity contribution >= 4 is 15.7 Å². The van der Waals surface area contributed by atoms with Crippen LogP contribution in [0.3, 0.4) is 0 Å². The second-order valence-corrected chi connectivity index (χ2v) is 6.02. The largest absolute Gasteiger partial charge is 0.384 e. The fraction of sp³-hybridized carbons (Fsp3) is 0.385. The van der Waals surface area contributed by atoms with Gasteiger partial charge in [-0.25, -0.2) is 13.1 Å². The highest BCUT2D eigenvalue weighted by molar-refractivity contribution is 7.89. The van der Waals surface area contributed by atoms with Crippen LogP contribution in [0.2, 0.25) is 0 Å². The number of nitrogens with one attached hydrogen (secondary N) is 2. The molecule has 2 N–H and O–H groups in total. The van der Waals surface area contributed by atoms with E-state index in [0.717, 1.165) is 24.2 Å². The summed E-state index contributed by atoms with van der Waals surface area (Å²) in [6.07, 6.45) is 5.45. The lowest BCUT2D eigenvalue weighted by Crippen LogP contribution is -2.24. The first-order chi connectivity index (χ1) is 8.63. The zero-order valence-corrected chi connectivity index (χ0v) is 11.3. The van der Waals surface area contributed by atoms with E-state index in [-0.39, 0.29) is 0 Å². The lowest BCUT2D eigenvalue weighted by Gasteiger charge is -2.07. The standard InChI is InChI=1S/C13H18N2O2S/c1-2-3-4-8-15-18(16,17)12-5-6-13-11(10-12)7-9-14-13/h2-3,5-6,10,14-15H,4,7-9H2,1H3/b3-2+. The summed E-state index contributed by atoms with van der Waals surface area (Å²) in [5.41, 5.74) is 2.12. The van der Waals surface area contributed by atoms with E-state index < -0.39 is 10.0 Å². The van der Waals surface area contributed by atoms with E-state index in [1.54, 1.807) is 12.1 Å². The third-order valence-corrected chi connectivity index (χ3v) is 4.39. The molecule has 5 heteroatoms. The average molecular weight is 266 g/mol. The quantitative estimate of drug-likeness (QED) is 0.632. The van der Waals surface area contributed by atoms with Crippen LogP contribution in [0.25, 0.3) is 0 Å². The van der Waals surface area contributed by atoms with Crippen molar-refractivity contribution in [2.24, 2.45) is 0 Å². The van der Waals surface area contributed by atoms with Crippen molar-refractivity contribution in [2.45, 2.75) is 24.7 Å². The Morgan fingerprint density at radius 2 is 2.28 bits per heavy atom. The highest BCUT2D eigenvalue weighted by Crippen LogP contribution is 2.24. The van der Waals surface area contributed by atoms with Gasteiger partial charge in [0.2, 0.25) is 10.0 Å². The molecule has 0 saturated heterocycles. The Kier molecular flexibility index (Phi) is 4.04. The summed E-state index contributed by atoms with van der Waals surface area (Å²) < 4.78 is 26.7. The summed E-state index contributed by atoms with van der Waals surface area (Å²) in [7, 11) is -3.37. The average Bonchev–Trinajstić information content (AvgIpc) is 2.82. The molecular weight excluding hydrogens is 248 g/mol. The van der Waals surface area contributed by atoms with Crippen molar-refractivity contribution in [1.82, 2.24) is 4.72 Å². The fourth-order valence-corrected chi connectivity index (χ4v) is 3.07. The first-order valence-corrected chi connectivity index (χ1v) is 7.59. The number of hydrogen-bond donors (Lipinski definition) is 2. The van der Waals surface area contributed by atoms with Gasteiger partial charge in [0, 0.05) is 18.8 Å². The van der Waals surface area contributed by atoms with Gasteiger partial charge in [0.25, 0.3) is 0 Å². The van der Waals surface area contributed by atoms with Gasteiger partial charge in [-0.2, -0.15) is 0 Å². The van der Waals surface area contributed by atoms with Crippen molar-refractivity contribution in [2.75, 3.05) is 18.4 Å². The zero-order valence-electron chi connectivity index (χ0n) is 10.4. The molecule has 1 aromatic rings. The molecule has 18 heavy (non-hydrogen) atoms.